The predicted molar refractivity (Wildman–Crippen MR) is 98.2 cm³/mol. The van der Waals surface area contributed by atoms with Crippen molar-refractivity contribution < 1.29 is 19.1 Å². The minimum absolute atomic E-state index is 0.00162. The maximum absolute atomic E-state index is 12.6. The highest BCUT2D eigenvalue weighted by molar-refractivity contribution is 7.10. The number of carbonyl (C=O) groups is 3. The highest BCUT2D eigenvalue weighted by Crippen LogP contribution is 2.34. The van der Waals surface area contributed by atoms with Crippen molar-refractivity contribution in [2.24, 2.45) is 7.05 Å². The molecule has 1 fully saturated rings. The number of aryl methyl sites for hydroxylation is 1. The predicted octanol–water partition coefficient (Wildman–Crippen LogP) is 2.22. The summed E-state index contributed by atoms with van der Waals surface area (Å²) in [4.78, 5) is 39.4. The number of rotatable bonds is 3. The van der Waals surface area contributed by atoms with Crippen LogP contribution in [0.1, 0.15) is 34.6 Å². The Morgan fingerprint density at radius 3 is 2.77 bits per heavy atom. The Kier molecular flexibility index (Phi) is 5.13. The van der Waals surface area contributed by atoms with Gasteiger partial charge in [0.2, 0.25) is 0 Å². The lowest BCUT2D eigenvalue weighted by atomic mass is 10.1. The molecule has 0 radical (unpaired) electrons. The van der Waals surface area contributed by atoms with E-state index in [1.165, 1.54) is 22.6 Å². The third kappa shape index (κ3) is 3.50. The van der Waals surface area contributed by atoms with E-state index in [0.29, 0.717) is 17.9 Å². The van der Waals surface area contributed by atoms with Crippen molar-refractivity contribution in [1.82, 2.24) is 9.47 Å². The molecule has 3 rings (SSSR count). The molecule has 2 aromatic heterocycles. The number of hydrogen-bond donors (Lipinski definition) is 1. The van der Waals surface area contributed by atoms with Gasteiger partial charge >= 0.3 is 17.8 Å². The molecular weight excluding hydrogens is 354 g/mol. The molecule has 0 aliphatic carbocycles. The van der Waals surface area contributed by atoms with Gasteiger partial charge in [-0.25, -0.2) is 4.79 Å². The Labute approximate surface area is 155 Å². The van der Waals surface area contributed by atoms with Crippen LogP contribution >= 0.6 is 11.3 Å². The molecule has 138 valence electrons. The minimum atomic E-state index is -0.703. The van der Waals surface area contributed by atoms with Crippen molar-refractivity contribution in [3.63, 3.8) is 0 Å². The van der Waals surface area contributed by atoms with E-state index in [1.807, 2.05) is 18.4 Å². The zero-order valence-corrected chi connectivity index (χ0v) is 15.7. The quantitative estimate of drug-likeness (QED) is 0.659. The normalized spacial score (nSPS) is 19.4. The summed E-state index contributed by atoms with van der Waals surface area (Å²) in [6, 6.07) is 5.55. The van der Waals surface area contributed by atoms with Gasteiger partial charge in [0.1, 0.15) is 5.69 Å². The Bertz CT molecular complexity index is 828. The van der Waals surface area contributed by atoms with Crippen molar-refractivity contribution in [1.29, 1.82) is 0 Å². The monoisotopic (exact) mass is 375 g/mol. The van der Waals surface area contributed by atoms with Crippen LogP contribution < -0.4 is 5.32 Å². The van der Waals surface area contributed by atoms with Crippen LogP contribution in [0.4, 0.5) is 5.69 Å². The second-order valence-electron chi connectivity index (χ2n) is 6.43. The van der Waals surface area contributed by atoms with Crippen molar-refractivity contribution in [3.05, 3.63) is 40.3 Å². The largest absolute Gasteiger partial charge is 0.464 e. The second-order valence-corrected chi connectivity index (χ2v) is 7.40. The molecule has 1 N–H and O–H groups in total. The van der Waals surface area contributed by atoms with E-state index < -0.39 is 17.8 Å². The minimum Gasteiger partial charge on any atom is -0.464 e. The van der Waals surface area contributed by atoms with E-state index in [1.54, 1.807) is 29.5 Å². The van der Waals surface area contributed by atoms with Crippen LogP contribution in [-0.2, 0) is 21.4 Å². The van der Waals surface area contributed by atoms with E-state index in [0.717, 1.165) is 6.42 Å². The van der Waals surface area contributed by atoms with Crippen LogP contribution in [-0.4, -0.2) is 46.9 Å². The maximum Gasteiger partial charge on any atom is 0.354 e. The Morgan fingerprint density at radius 1 is 1.35 bits per heavy atom. The second kappa shape index (κ2) is 7.33. The first-order valence-corrected chi connectivity index (χ1v) is 9.18. The summed E-state index contributed by atoms with van der Waals surface area (Å²) >= 11 is 1.67. The molecular formula is C18H21N3O4S. The third-order valence-corrected chi connectivity index (χ3v) is 5.67. The van der Waals surface area contributed by atoms with Gasteiger partial charge in [-0.15, -0.1) is 11.3 Å². The summed E-state index contributed by atoms with van der Waals surface area (Å²) in [6.07, 6.45) is 2.41. The Morgan fingerprint density at radius 2 is 2.12 bits per heavy atom. The summed E-state index contributed by atoms with van der Waals surface area (Å²) in [5.74, 6) is -1.50. The first-order valence-electron chi connectivity index (χ1n) is 8.30. The first kappa shape index (κ1) is 18.2. The summed E-state index contributed by atoms with van der Waals surface area (Å²) in [5, 5.41) is 4.59. The molecule has 8 heteroatoms. The van der Waals surface area contributed by atoms with E-state index in [9.17, 15) is 14.4 Å². The van der Waals surface area contributed by atoms with E-state index >= 15 is 0 Å². The number of methoxy groups -OCH3 is 1. The standard InChI is InChI=1S/C18H21N3O4S/c1-11-7-12(15-5-4-6-26-15)9-21(11)17(23)16(22)19-13-8-14(18(24)25-3)20(2)10-13/h4-6,8,10-12H,7,9H2,1-3H3,(H,19,22). The molecule has 1 saturated heterocycles. The number of likely N-dealkylation sites (tertiary alicyclic amines) is 1. The molecule has 2 atom stereocenters. The van der Waals surface area contributed by atoms with Crippen LogP contribution in [0.15, 0.2) is 29.8 Å². The molecule has 2 amide bonds. The molecule has 7 nitrogen and oxygen atoms in total. The Balaban J connectivity index is 1.67. The van der Waals surface area contributed by atoms with Crippen molar-refractivity contribution in [2.75, 3.05) is 19.0 Å². The number of carbonyl (C=O) groups excluding carboxylic acids is 3. The van der Waals surface area contributed by atoms with Gasteiger partial charge in [-0.2, -0.15) is 0 Å². The summed E-state index contributed by atoms with van der Waals surface area (Å²) in [6.45, 7) is 2.49. The van der Waals surface area contributed by atoms with Crippen LogP contribution in [0, 0.1) is 0 Å². The first-order chi connectivity index (χ1) is 12.4. The number of ether oxygens (including phenoxy) is 1. The average molecular weight is 375 g/mol. The number of amides is 2. The number of aromatic nitrogens is 1. The van der Waals surface area contributed by atoms with Crippen molar-refractivity contribution in [3.8, 4) is 0 Å². The van der Waals surface area contributed by atoms with Gasteiger partial charge in [-0.3, -0.25) is 9.59 Å². The average Bonchev–Trinajstić information content (AvgIpc) is 3.33. The summed E-state index contributed by atoms with van der Waals surface area (Å²) in [7, 11) is 2.95. The smallest absolute Gasteiger partial charge is 0.354 e. The highest BCUT2D eigenvalue weighted by atomic mass is 32.1. The number of hydrogen-bond acceptors (Lipinski definition) is 5. The molecule has 2 aromatic rings. The number of anilines is 1. The lowest BCUT2D eigenvalue weighted by molar-refractivity contribution is -0.143. The topological polar surface area (TPSA) is 80.6 Å². The van der Waals surface area contributed by atoms with E-state index in [-0.39, 0.29) is 12.0 Å². The lowest BCUT2D eigenvalue weighted by Crippen LogP contribution is -2.41. The molecule has 1 aliphatic heterocycles. The molecule has 0 spiro atoms. The van der Waals surface area contributed by atoms with Crippen LogP contribution in [0.3, 0.4) is 0 Å². The van der Waals surface area contributed by atoms with Gasteiger partial charge in [0.25, 0.3) is 0 Å². The fourth-order valence-corrected chi connectivity index (χ4v) is 4.13. The molecule has 3 heterocycles. The zero-order chi connectivity index (χ0) is 18.8. The number of thiophene rings is 1. The van der Waals surface area contributed by atoms with Gasteiger partial charge in [0, 0.05) is 36.6 Å². The van der Waals surface area contributed by atoms with Gasteiger partial charge < -0.3 is 19.5 Å². The van der Waals surface area contributed by atoms with Gasteiger partial charge in [0.05, 0.1) is 12.8 Å². The van der Waals surface area contributed by atoms with Gasteiger partial charge in [0.15, 0.2) is 0 Å². The molecule has 2 unspecified atom stereocenters. The van der Waals surface area contributed by atoms with Crippen molar-refractivity contribution in [2.45, 2.75) is 25.3 Å². The Hall–Kier alpha value is -2.61. The molecule has 0 bridgehead atoms. The fraction of sp³-hybridized carbons (Fsp3) is 0.389. The summed E-state index contributed by atoms with van der Waals surface area (Å²) in [5.41, 5.74) is 0.676. The van der Waals surface area contributed by atoms with Crippen LogP contribution in [0.25, 0.3) is 0 Å². The molecule has 0 aromatic carbocycles. The maximum atomic E-state index is 12.6. The van der Waals surface area contributed by atoms with Gasteiger partial charge in [-0.05, 0) is 30.9 Å². The zero-order valence-electron chi connectivity index (χ0n) is 14.9. The highest BCUT2D eigenvalue weighted by Gasteiger charge is 2.36. The lowest BCUT2D eigenvalue weighted by Gasteiger charge is -2.20. The fourth-order valence-electron chi connectivity index (χ4n) is 3.30. The molecule has 1 aliphatic rings. The van der Waals surface area contributed by atoms with Crippen LogP contribution in [0.5, 0.6) is 0 Å². The van der Waals surface area contributed by atoms with E-state index in [4.69, 9.17) is 0 Å². The summed E-state index contributed by atoms with van der Waals surface area (Å²) < 4.78 is 6.22. The number of nitrogens with zero attached hydrogens (tertiary/aromatic N) is 2. The third-order valence-electron chi connectivity index (χ3n) is 4.63. The molecule has 26 heavy (non-hydrogen) atoms. The van der Waals surface area contributed by atoms with E-state index in [2.05, 4.69) is 16.1 Å². The van der Waals surface area contributed by atoms with Gasteiger partial charge in [-0.1, -0.05) is 6.07 Å². The number of esters is 1. The number of nitrogens with one attached hydrogen (secondary N) is 1. The van der Waals surface area contributed by atoms with Crippen molar-refractivity contribution >= 4 is 34.8 Å². The SMILES string of the molecule is COC(=O)c1cc(NC(=O)C(=O)N2CC(c3cccs3)CC2C)cn1C. The van der Waals surface area contributed by atoms with Crippen LogP contribution in [0.2, 0.25) is 0 Å². The molecule has 0 saturated carbocycles.